The predicted molar refractivity (Wildman–Crippen MR) is 54.1 cm³/mol. The summed E-state index contributed by atoms with van der Waals surface area (Å²) in [5.74, 6) is 0. The molecule has 2 heterocycles. The van der Waals surface area contributed by atoms with Crippen LogP contribution in [0.4, 0.5) is 0 Å². The molecule has 0 amide bonds. The normalized spacial score (nSPS) is 27.9. The molecule has 0 spiro atoms. The van der Waals surface area contributed by atoms with E-state index in [1.807, 2.05) is 18.7 Å². The van der Waals surface area contributed by atoms with Gasteiger partial charge in [-0.3, -0.25) is 4.68 Å². The highest BCUT2D eigenvalue weighted by molar-refractivity contribution is 5.13. The van der Waals surface area contributed by atoms with Crippen LogP contribution in [0.5, 0.6) is 0 Å². The molecule has 0 bridgehead atoms. The SMILES string of the molecule is Cc1cc(C2COC(C)CN2)n(C)n1. The first-order valence-corrected chi connectivity index (χ1v) is 5.02. The number of hydrogen-bond acceptors (Lipinski definition) is 3. The molecule has 1 aliphatic rings. The number of aromatic nitrogens is 2. The van der Waals surface area contributed by atoms with Crippen LogP contribution in [0.2, 0.25) is 0 Å². The van der Waals surface area contributed by atoms with E-state index in [9.17, 15) is 0 Å². The van der Waals surface area contributed by atoms with Crippen molar-refractivity contribution in [1.29, 1.82) is 0 Å². The average Bonchev–Trinajstić information content (AvgIpc) is 2.47. The maximum atomic E-state index is 5.61. The van der Waals surface area contributed by atoms with Crippen LogP contribution in [0.15, 0.2) is 6.07 Å². The molecule has 1 fully saturated rings. The summed E-state index contributed by atoms with van der Waals surface area (Å²) in [6.07, 6.45) is 0.320. The summed E-state index contributed by atoms with van der Waals surface area (Å²) in [5.41, 5.74) is 2.26. The Morgan fingerprint density at radius 2 is 2.43 bits per heavy atom. The standard InChI is InChI=1S/C10H17N3O/c1-7-4-10(13(3)12-7)9-6-14-8(2)5-11-9/h4,8-9,11H,5-6H2,1-3H3. The van der Waals surface area contributed by atoms with Crippen molar-refractivity contribution in [3.05, 3.63) is 17.5 Å². The Kier molecular flexibility index (Phi) is 2.56. The van der Waals surface area contributed by atoms with E-state index in [1.54, 1.807) is 0 Å². The van der Waals surface area contributed by atoms with Crippen molar-refractivity contribution in [3.63, 3.8) is 0 Å². The highest BCUT2D eigenvalue weighted by atomic mass is 16.5. The maximum absolute atomic E-state index is 5.61. The van der Waals surface area contributed by atoms with Crippen molar-refractivity contribution in [2.24, 2.45) is 7.05 Å². The molecule has 14 heavy (non-hydrogen) atoms. The van der Waals surface area contributed by atoms with Gasteiger partial charge in [-0.15, -0.1) is 0 Å². The van der Waals surface area contributed by atoms with E-state index in [0.717, 1.165) is 18.8 Å². The predicted octanol–water partition coefficient (Wildman–Crippen LogP) is 0.778. The summed E-state index contributed by atoms with van der Waals surface area (Å²) in [5, 5.41) is 7.78. The van der Waals surface area contributed by atoms with Crippen LogP contribution in [-0.2, 0) is 11.8 Å². The highest BCUT2D eigenvalue weighted by Crippen LogP contribution is 2.17. The smallest absolute Gasteiger partial charge is 0.0730 e. The summed E-state index contributed by atoms with van der Waals surface area (Å²) in [6.45, 7) is 5.74. The zero-order valence-corrected chi connectivity index (χ0v) is 8.95. The number of rotatable bonds is 1. The fourth-order valence-corrected chi connectivity index (χ4v) is 1.83. The van der Waals surface area contributed by atoms with Crippen LogP contribution in [0, 0.1) is 6.92 Å². The minimum absolute atomic E-state index is 0.289. The Morgan fingerprint density at radius 1 is 1.64 bits per heavy atom. The summed E-state index contributed by atoms with van der Waals surface area (Å²) < 4.78 is 7.53. The van der Waals surface area contributed by atoms with Gasteiger partial charge in [0.2, 0.25) is 0 Å². The minimum Gasteiger partial charge on any atom is -0.375 e. The summed E-state index contributed by atoms with van der Waals surface area (Å²) >= 11 is 0. The van der Waals surface area contributed by atoms with E-state index in [4.69, 9.17) is 4.74 Å². The molecular weight excluding hydrogens is 178 g/mol. The monoisotopic (exact) mass is 195 g/mol. The molecule has 0 aromatic carbocycles. The number of nitrogens with one attached hydrogen (secondary N) is 1. The molecule has 1 N–H and O–H groups in total. The first kappa shape index (κ1) is 9.68. The third kappa shape index (κ3) is 1.81. The molecule has 0 aliphatic carbocycles. The van der Waals surface area contributed by atoms with Crippen molar-refractivity contribution in [2.45, 2.75) is 26.0 Å². The van der Waals surface area contributed by atoms with Gasteiger partial charge in [-0.25, -0.2) is 0 Å². The molecule has 2 atom stereocenters. The van der Waals surface area contributed by atoms with E-state index >= 15 is 0 Å². The molecule has 1 saturated heterocycles. The maximum Gasteiger partial charge on any atom is 0.0730 e. The Balaban J connectivity index is 2.11. The van der Waals surface area contributed by atoms with Crippen LogP contribution in [0.3, 0.4) is 0 Å². The van der Waals surface area contributed by atoms with E-state index in [0.29, 0.717) is 6.10 Å². The lowest BCUT2D eigenvalue weighted by atomic mass is 10.1. The molecule has 2 unspecified atom stereocenters. The lowest BCUT2D eigenvalue weighted by Crippen LogP contribution is -2.40. The largest absolute Gasteiger partial charge is 0.375 e. The number of hydrogen-bond donors (Lipinski definition) is 1. The van der Waals surface area contributed by atoms with E-state index in [1.165, 1.54) is 5.69 Å². The molecule has 4 heteroatoms. The molecule has 1 aliphatic heterocycles. The summed E-state index contributed by atoms with van der Waals surface area (Å²) in [6, 6.07) is 2.40. The quantitative estimate of drug-likeness (QED) is 0.719. The van der Waals surface area contributed by atoms with Gasteiger partial charge in [0.15, 0.2) is 0 Å². The topological polar surface area (TPSA) is 39.1 Å². The fourth-order valence-electron chi connectivity index (χ4n) is 1.83. The summed E-state index contributed by atoms with van der Waals surface area (Å²) in [4.78, 5) is 0. The summed E-state index contributed by atoms with van der Waals surface area (Å²) in [7, 11) is 1.97. The van der Waals surface area contributed by atoms with Crippen LogP contribution >= 0.6 is 0 Å². The first-order chi connectivity index (χ1) is 6.66. The van der Waals surface area contributed by atoms with E-state index in [-0.39, 0.29) is 6.04 Å². The van der Waals surface area contributed by atoms with Gasteiger partial charge >= 0.3 is 0 Å². The van der Waals surface area contributed by atoms with Gasteiger partial charge in [0.1, 0.15) is 0 Å². The molecule has 78 valence electrons. The van der Waals surface area contributed by atoms with Crippen molar-refractivity contribution in [3.8, 4) is 0 Å². The third-order valence-corrected chi connectivity index (χ3v) is 2.59. The second-order valence-electron chi connectivity index (χ2n) is 3.94. The van der Waals surface area contributed by atoms with Gasteiger partial charge in [-0.1, -0.05) is 0 Å². The highest BCUT2D eigenvalue weighted by Gasteiger charge is 2.21. The minimum atomic E-state index is 0.289. The van der Waals surface area contributed by atoms with Crippen LogP contribution in [0.1, 0.15) is 24.4 Å². The Labute approximate surface area is 84.3 Å². The number of aryl methyl sites for hydroxylation is 2. The van der Waals surface area contributed by atoms with E-state index in [2.05, 4.69) is 23.4 Å². The van der Waals surface area contributed by atoms with E-state index < -0.39 is 0 Å². The molecule has 4 nitrogen and oxygen atoms in total. The van der Waals surface area contributed by atoms with Gasteiger partial charge in [-0.2, -0.15) is 5.10 Å². The van der Waals surface area contributed by atoms with Crippen molar-refractivity contribution in [1.82, 2.24) is 15.1 Å². The lowest BCUT2D eigenvalue weighted by Gasteiger charge is -2.28. The van der Waals surface area contributed by atoms with Crippen molar-refractivity contribution < 1.29 is 4.74 Å². The lowest BCUT2D eigenvalue weighted by molar-refractivity contribution is 0.0132. The molecule has 0 saturated carbocycles. The fraction of sp³-hybridized carbons (Fsp3) is 0.700. The number of nitrogens with zero attached hydrogens (tertiary/aromatic N) is 2. The number of ether oxygens (including phenoxy) is 1. The molecular formula is C10H17N3O. The Bertz CT molecular complexity index is 313. The zero-order valence-electron chi connectivity index (χ0n) is 8.95. The van der Waals surface area contributed by atoms with Gasteiger partial charge in [0, 0.05) is 13.6 Å². The first-order valence-electron chi connectivity index (χ1n) is 5.02. The van der Waals surface area contributed by atoms with Crippen molar-refractivity contribution in [2.75, 3.05) is 13.2 Å². The Hall–Kier alpha value is -0.870. The van der Waals surface area contributed by atoms with Crippen LogP contribution in [-0.4, -0.2) is 29.0 Å². The second-order valence-corrected chi connectivity index (χ2v) is 3.94. The van der Waals surface area contributed by atoms with Gasteiger partial charge < -0.3 is 10.1 Å². The van der Waals surface area contributed by atoms with Crippen molar-refractivity contribution >= 4 is 0 Å². The molecule has 1 aromatic rings. The van der Waals surface area contributed by atoms with Crippen LogP contribution < -0.4 is 5.32 Å². The Morgan fingerprint density at radius 3 is 2.93 bits per heavy atom. The average molecular weight is 195 g/mol. The van der Waals surface area contributed by atoms with Gasteiger partial charge in [0.05, 0.1) is 30.1 Å². The number of morpholine rings is 1. The molecule has 0 radical (unpaired) electrons. The third-order valence-electron chi connectivity index (χ3n) is 2.59. The van der Waals surface area contributed by atoms with Crippen LogP contribution in [0.25, 0.3) is 0 Å². The molecule has 2 rings (SSSR count). The zero-order chi connectivity index (χ0) is 10.1. The van der Waals surface area contributed by atoms with Gasteiger partial charge in [-0.05, 0) is 19.9 Å². The van der Waals surface area contributed by atoms with Gasteiger partial charge in [0.25, 0.3) is 0 Å². The second kappa shape index (κ2) is 3.71. The molecule has 1 aromatic heterocycles.